The van der Waals surface area contributed by atoms with Crippen molar-refractivity contribution in [3.63, 3.8) is 0 Å². The van der Waals surface area contributed by atoms with Crippen molar-refractivity contribution in [3.05, 3.63) is 81.8 Å². The Kier molecular flexibility index (Phi) is 6.82. The average molecular weight is 440 g/mol. The highest BCUT2D eigenvalue weighted by Crippen LogP contribution is 2.30. The number of anilines is 1. The molecule has 0 aliphatic carbocycles. The summed E-state index contributed by atoms with van der Waals surface area (Å²) in [7, 11) is 0. The Balaban J connectivity index is 1.49. The Hall–Kier alpha value is -2.21. The van der Waals surface area contributed by atoms with E-state index in [2.05, 4.69) is 22.1 Å². The molecular formula is C24H26ClN3OS. The van der Waals surface area contributed by atoms with Gasteiger partial charge in [0.1, 0.15) is 6.04 Å². The van der Waals surface area contributed by atoms with Gasteiger partial charge in [-0.2, -0.15) is 0 Å². The van der Waals surface area contributed by atoms with E-state index in [-0.39, 0.29) is 11.9 Å². The van der Waals surface area contributed by atoms with Gasteiger partial charge in [0.15, 0.2) is 5.13 Å². The summed E-state index contributed by atoms with van der Waals surface area (Å²) in [5.74, 6) is 0.696. The molecule has 2 heterocycles. The first kappa shape index (κ1) is 21.0. The Morgan fingerprint density at radius 3 is 2.60 bits per heavy atom. The summed E-state index contributed by atoms with van der Waals surface area (Å²) in [5, 5.41) is 4.45. The Morgan fingerprint density at radius 1 is 1.17 bits per heavy atom. The van der Waals surface area contributed by atoms with Gasteiger partial charge in [-0.1, -0.05) is 67.1 Å². The number of likely N-dealkylation sites (tertiary alicyclic amines) is 1. The van der Waals surface area contributed by atoms with Crippen molar-refractivity contribution >= 4 is 34.0 Å². The van der Waals surface area contributed by atoms with Crippen molar-refractivity contribution in [1.82, 2.24) is 9.88 Å². The number of nitrogens with one attached hydrogen (secondary N) is 1. The fourth-order valence-electron chi connectivity index (χ4n) is 3.90. The summed E-state index contributed by atoms with van der Waals surface area (Å²) >= 11 is 7.78. The van der Waals surface area contributed by atoms with E-state index in [0.29, 0.717) is 17.5 Å². The predicted molar refractivity (Wildman–Crippen MR) is 124 cm³/mol. The average Bonchev–Trinajstić information content (AvgIpc) is 3.19. The summed E-state index contributed by atoms with van der Waals surface area (Å²) in [6, 6.07) is 17.6. The number of rotatable bonds is 6. The van der Waals surface area contributed by atoms with E-state index >= 15 is 0 Å². The van der Waals surface area contributed by atoms with Crippen molar-refractivity contribution in [2.45, 2.75) is 32.2 Å². The smallest absolute Gasteiger partial charge is 0.248 e. The molecule has 1 aliphatic rings. The van der Waals surface area contributed by atoms with Crippen LogP contribution in [0.1, 0.15) is 41.8 Å². The lowest BCUT2D eigenvalue weighted by Crippen LogP contribution is -2.41. The largest absolute Gasteiger partial charge is 0.300 e. The molecule has 0 bridgehead atoms. The van der Waals surface area contributed by atoms with Gasteiger partial charge in [0.2, 0.25) is 5.91 Å². The predicted octanol–water partition coefficient (Wildman–Crippen LogP) is 5.80. The van der Waals surface area contributed by atoms with Crippen LogP contribution in [-0.2, 0) is 11.2 Å². The zero-order valence-corrected chi connectivity index (χ0v) is 18.6. The monoisotopic (exact) mass is 439 g/mol. The van der Waals surface area contributed by atoms with Gasteiger partial charge in [0, 0.05) is 22.5 Å². The molecule has 30 heavy (non-hydrogen) atoms. The van der Waals surface area contributed by atoms with Crippen molar-refractivity contribution in [2.24, 2.45) is 5.92 Å². The maximum atomic E-state index is 13.3. The van der Waals surface area contributed by atoms with Crippen LogP contribution in [0.3, 0.4) is 0 Å². The maximum absolute atomic E-state index is 13.3. The maximum Gasteiger partial charge on any atom is 0.248 e. The number of amides is 1. The molecule has 1 N–H and O–H groups in total. The third kappa shape index (κ3) is 5.09. The lowest BCUT2D eigenvalue weighted by atomic mass is 9.95. The molecule has 0 radical (unpaired) electrons. The summed E-state index contributed by atoms with van der Waals surface area (Å²) in [6.07, 6.45) is 4.77. The Morgan fingerprint density at radius 2 is 1.87 bits per heavy atom. The van der Waals surface area contributed by atoms with Crippen LogP contribution >= 0.6 is 22.9 Å². The van der Waals surface area contributed by atoms with Crippen LogP contribution in [-0.4, -0.2) is 28.9 Å². The van der Waals surface area contributed by atoms with Gasteiger partial charge in [-0.25, -0.2) is 4.98 Å². The van der Waals surface area contributed by atoms with E-state index in [1.165, 1.54) is 11.3 Å². The second-order valence-electron chi connectivity index (χ2n) is 7.92. The molecule has 4 nitrogen and oxygen atoms in total. The summed E-state index contributed by atoms with van der Waals surface area (Å²) in [5.41, 5.74) is 2.09. The number of carbonyl (C=O) groups excluding carboxylic acids is 1. The number of hydrogen-bond donors (Lipinski definition) is 1. The fourth-order valence-corrected chi connectivity index (χ4v) is 4.94. The molecule has 156 valence electrons. The quantitative estimate of drug-likeness (QED) is 0.528. The van der Waals surface area contributed by atoms with Crippen LogP contribution < -0.4 is 5.32 Å². The van der Waals surface area contributed by atoms with E-state index in [0.717, 1.165) is 47.0 Å². The highest BCUT2D eigenvalue weighted by molar-refractivity contribution is 7.15. The van der Waals surface area contributed by atoms with Gasteiger partial charge < -0.3 is 5.32 Å². The van der Waals surface area contributed by atoms with Crippen molar-refractivity contribution < 1.29 is 4.79 Å². The highest BCUT2D eigenvalue weighted by atomic mass is 35.5. The van der Waals surface area contributed by atoms with Gasteiger partial charge in [0.05, 0.1) is 0 Å². The van der Waals surface area contributed by atoms with E-state index in [1.54, 1.807) is 0 Å². The number of halogens is 1. The number of hydrogen-bond acceptors (Lipinski definition) is 4. The first-order valence-electron chi connectivity index (χ1n) is 10.4. The lowest BCUT2D eigenvalue weighted by Gasteiger charge is -2.36. The van der Waals surface area contributed by atoms with Crippen molar-refractivity contribution in [2.75, 3.05) is 18.4 Å². The summed E-state index contributed by atoms with van der Waals surface area (Å²) in [4.78, 5) is 21.1. The van der Waals surface area contributed by atoms with Crippen LogP contribution in [0.2, 0.25) is 5.02 Å². The van der Waals surface area contributed by atoms with Gasteiger partial charge >= 0.3 is 0 Å². The zero-order chi connectivity index (χ0) is 20.9. The molecule has 1 aromatic heterocycles. The second kappa shape index (κ2) is 9.73. The molecule has 4 rings (SSSR count). The van der Waals surface area contributed by atoms with E-state index in [4.69, 9.17) is 11.6 Å². The third-order valence-corrected chi connectivity index (χ3v) is 6.93. The van der Waals surface area contributed by atoms with Crippen LogP contribution in [0.25, 0.3) is 0 Å². The number of aromatic nitrogens is 1. The third-order valence-electron chi connectivity index (χ3n) is 5.65. The van der Waals surface area contributed by atoms with Crippen molar-refractivity contribution in [3.8, 4) is 0 Å². The van der Waals surface area contributed by atoms with Crippen LogP contribution in [0.15, 0.2) is 60.8 Å². The topological polar surface area (TPSA) is 45.2 Å². The van der Waals surface area contributed by atoms with Crippen LogP contribution in [0, 0.1) is 5.92 Å². The van der Waals surface area contributed by atoms with Crippen molar-refractivity contribution in [1.29, 1.82) is 0 Å². The van der Waals surface area contributed by atoms with Crippen LogP contribution in [0.5, 0.6) is 0 Å². The highest BCUT2D eigenvalue weighted by Gasteiger charge is 2.30. The molecule has 3 aromatic rings. The fraction of sp³-hybridized carbons (Fsp3) is 0.333. The van der Waals surface area contributed by atoms with Crippen LogP contribution in [0.4, 0.5) is 5.13 Å². The minimum absolute atomic E-state index is 0.0191. The number of piperidine rings is 1. The molecule has 0 spiro atoms. The zero-order valence-electron chi connectivity index (χ0n) is 17.1. The number of thiazole rings is 1. The minimum atomic E-state index is -0.297. The molecule has 1 amide bonds. The Bertz CT molecular complexity index is 983. The lowest BCUT2D eigenvalue weighted by molar-refractivity contribution is -0.122. The molecule has 1 saturated heterocycles. The SMILES string of the molecule is CC1CCN(C(C(=O)Nc2ncc(Cc3ccccc3Cl)s2)c2ccccc2)CC1. The van der Waals surface area contributed by atoms with Gasteiger partial charge in [-0.15, -0.1) is 11.3 Å². The van der Waals surface area contributed by atoms with Gasteiger partial charge in [-0.05, 0) is 49.0 Å². The standard InChI is InChI=1S/C24H26ClN3OS/c1-17-11-13-28(14-12-17)22(18-7-3-2-4-8-18)23(29)27-24-26-16-20(30-24)15-19-9-5-6-10-21(19)25/h2-10,16-17,22H,11-15H2,1H3,(H,26,27,29). The molecule has 1 unspecified atom stereocenters. The second-order valence-corrected chi connectivity index (χ2v) is 9.44. The van der Waals surface area contributed by atoms with Gasteiger partial charge in [0.25, 0.3) is 0 Å². The molecule has 2 aromatic carbocycles. The molecular weight excluding hydrogens is 414 g/mol. The van der Waals surface area contributed by atoms with Gasteiger partial charge in [-0.3, -0.25) is 9.69 Å². The normalized spacial score (nSPS) is 16.3. The molecule has 6 heteroatoms. The summed E-state index contributed by atoms with van der Waals surface area (Å²) in [6.45, 7) is 4.15. The van der Waals surface area contributed by atoms with E-state index in [9.17, 15) is 4.79 Å². The number of nitrogens with zero attached hydrogens (tertiary/aromatic N) is 2. The van der Waals surface area contributed by atoms with E-state index < -0.39 is 0 Å². The molecule has 1 aliphatic heterocycles. The first-order valence-corrected chi connectivity index (χ1v) is 11.6. The Labute approximate surface area is 186 Å². The molecule has 1 atom stereocenters. The van der Waals surface area contributed by atoms with E-state index in [1.807, 2.05) is 60.8 Å². The minimum Gasteiger partial charge on any atom is -0.300 e. The summed E-state index contributed by atoms with van der Waals surface area (Å²) < 4.78 is 0. The molecule has 1 fully saturated rings. The first-order chi connectivity index (χ1) is 14.6. The number of benzene rings is 2. The molecule has 0 saturated carbocycles. The number of carbonyl (C=O) groups is 1.